The lowest BCUT2D eigenvalue weighted by Gasteiger charge is -2.12. The van der Waals surface area contributed by atoms with Crippen molar-refractivity contribution in [3.05, 3.63) is 34.9 Å². The minimum absolute atomic E-state index is 0.0547. The second-order valence-electron chi connectivity index (χ2n) is 5.21. The van der Waals surface area contributed by atoms with Crippen LogP contribution in [0.2, 0.25) is 0 Å². The zero-order chi connectivity index (χ0) is 13.9. The van der Waals surface area contributed by atoms with Gasteiger partial charge in [0.2, 0.25) is 0 Å². The zero-order valence-corrected chi connectivity index (χ0v) is 11.7. The lowest BCUT2D eigenvalue weighted by molar-refractivity contribution is 0.0962. The van der Waals surface area contributed by atoms with E-state index in [0.29, 0.717) is 19.7 Å². The molecule has 1 aliphatic rings. The maximum atomic E-state index is 12.6. The Hall–Kier alpha value is -1.59. The van der Waals surface area contributed by atoms with Gasteiger partial charge in [-0.05, 0) is 25.0 Å². The van der Waals surface area contributed by atoms with E-state index in [2.05, 4.69) is 0 Å². The van der Waals surface area contributed by atoms with E-state index in [9.17, 15) is 4.79 Å². The summed E-state index contributed by atoms with van der Waals surface area (Å²) in [6.07, 6.45) is 6.11. The molecule has 5 nitrogen and oxygen atoms in total. The van der Waals surface area contributed by atoms with E-state index in [1.165, 1.54) is 0 Å². The molecule has 20 heavy (non-hydrogen) atoms. The van der Waals surface area contributed by atoms with E-state index in [4.69, 9.17) is 9.47 Å². The molecule has 0 aliphatic carbocycles. The average molecular weight is 276 g/mol. The molecule has 2 aromatic rings. The van der Waals surface area contributed by atoms with E-state index < -0.39 is 0 Å². The molecule has 1 saturated heterocycles. The summed E-state index contributed by atoms with van der Waals surface area (Å²) in [5.41, 5.74) is 0.807. The van der Waals surface area contributed by atoms with Crippen molar-refractivity contribution in [3.8, 4) is 0 Å². The molecule has 0 N–H and O–H groups in total. The predicted molar refractivity (Wildman–Crippen MR) is 77.0 cm³/mol. The standard InChI is InChI=1S/C15H20N2O3/c1-19-10-8-16-6-4-12-5-7-17(15(18)14(12)16)11-13-3-2-9-20-13/h4-7,13H,2-3,8-11H2,1H3. The van der Waals surface area contributed by atoms with Gasteiger partial charge in [0.1, 0.15) is 5.52 Å². The number of ether oxygens (including phenoxy) is 2. The van der Waals surface area contributed by atoms with Crippen LogP contribution < -0.4 is 5.56 Å². The molecule has 5 heteroatoms. The number of pyridine rings is 1. The van der Waals surface area contributed by atoms with Crippen LogP contribution in [0.15, 0.2) is 29.3 Å². The molecule has 0 radical (unpaired) electrons. The van der Waals surface area contributed by atoms with Crippen molar-refractivity contribution in [3.63, 3.8) is 0 Å². The summed E-state index contributed by atoms with van der Waals surface area (Å²) in [5, 5.41) is 0.981. The van der Waals surface area contributed by atoms with Gasteiger partial charge in [-0.3, -0.25) is 4.79 Å². The lowest BCUT2D eigenvalue weighted by Crippen LogP contribution is -2.27. The van der Waals surface area contributed by atoms with Gasteiger partial charge in [-0.2, -0.15) is 0 Å². The maximum Gasteiger partial charge on any atom is 0.275 e. The van der Waals surface area contributed by atoms with E-state index in [0.717, 1.165) is 30.4 Å². The molecule has 0 bridgehead atoms. The van der Waals surface area contributed by atoms with Gasteiger partial charge in [0, 0.05) is 38.0 Å². The van der Waals surface area contributed by atoms with Crippen molar-refractivity contribution >= 4 is 10.9 Å². The Morgan fingerprint density at radius 3 is 2.85 bits per heavy atom. The van der Waals surface area contributed by atoms with Crippen LogP contribution in [0.4, 0.5) is 0 Å². The lowest BCUT2D eigenvalue weighted by atomic mass is 10.2. The van der Waals surface area contributed by atoms with Gasteiger partial charge < -0.3 is 18.6 Å². The Bertz CT molecular complexity index is 638. The highest BCUT2D eigenvalue weighted by molar-refractivity contribution is 5.78. The van der Waals surface area contributed by atoms with E-state index >= 15 is 0 Å². The van der Waals surface area contributed by atoms with Crippen molar-refractivity contribution in [2.45, 2.75) is 32.0 Å². The van der Waals surface area contributed by atoms with Crippen LogP contribution in [0.25, 0.3) is 10.9 Å². The highest BCUT2D eigenvalue weighted by atomic mass is 16.5. The SMILES string of the molecule is COCCn1ccc2ccn(CC3CCCO3)c(=O)c21. The number of hydrogen-bond donors (Lipinski definition) is 0. The van der Waals surface area contributed by atoms with Gasteiger partial charge >= 0.3 is 0 Å². The number of nitrogens with zero attached hydrogens (tertiary/aromatic N) is 2. The Labute approximate surface area is 117 Å². The molecule has 1 atom stereocenters. The largest absolute Gasteiger partial charge is 0.383 e. The molecule has 0 spiro atoms. The van der Waals surface area contributed by atoms with Crippen LogP contribution in [-0.4, -0.2) is 35.6 Å². The normalized spacial score (nSPS) is 18.9. The third kappa shape index (κ3) is 2.51. The summed E-state index contributed by atoms with van der Waals surface area (Å²) < 4.78 is 14.4. The van der Waals surface area contributed by atoms with Gasteiger partial charge in [0.05, 0.1) is 19.3 Å². The third-order valence-corrected chi connectivity index (χ3v) is 3.85. The predicted octanol–water partition coefficient (Wildman–Crippen LogP) is 1.63. The highest BCUT2D eigenvalue weighted by Gasteiger charge is 2.17. The summed E-state index contributed by atoms with van der Waals surface area (Å²) in [5.74, 6) is 0. The fraction of sp³-hybridized carbons (Fsp3) is 0.533. The molecule has 3 rings (SSSR count). The van der Waals surface area contributed by atoms with Crippen molar-refractivity contribution in [1.82, 2.24) is 9.13 Å². The first-order valence-electron chi connectivity index (χ1n) is 7.08. The first kappa shape index (κ1) is 13.4. The fourth-order valence-electron chi connectivity index (χ4n) is 2.77. The minimum atomic E-state index is 0.0547. The monoisotopic (exact) mass is 276 g/mol. The zero-order valence-electron chi connectivity index (χ0n) is 11.7. The van der Waals surface area contributed by atoms with E-state index in [1.54, 1.807) is 11.7 Å². The molecule has 0 amide bonds. The van der Waals surface area contributed by atoms with Gasteiger partial charge in [-0.15, -0.1) is 0 Å². The number of hydrogen-bond acceptors (Lipinski definition) is 3. The molecule has 108 valence electrons. The number of aromatic nitrogens is 2. The topological polar surface area (TPSA) is 45.4 Å². The molecule has 1 unspecified atom stereocenters. The summed E-state index contributed by atoms with van der Waals surface area (Å²) >= 11 is 0. The van der Waals surface area contributed by atoms with Crippen LogP contribution in [-0.2, 0) is 22.6 Å². The van der Waals surface area contributed by atoms with E-state index in [-0.39, 0.29) is 11.7 Å². The number of methoxy groups -OCH3 is 1. The first-order valence-corrected chi connectivity index (χ1v) is 7.08. The molecule has 1 aliphatic heterocycles. The van der Waals surface area contributed by atoms with E-state index in [1.807, 2.05) is 29.1 Å². The first-order chi connectivity index (χ1) is 9.79. The Balaban J connectivity index is 1.93. The molecule has 0 aromatic carbocycles. The third-order valence-electron chi connectivity index (χ3n) is 3.85. The van der Waals surface area contributed by atoms with Crippen LogP contribution in [0.1, 0.15) is 12.8 Å². The van der Waals surface area contributed by atoms with Crippen LogP contribution in [0.5, 0.6) is 0 Å². The molecule has 0 saturated carbocycles. The molecular weight excluding hydrogens is 256 g/mol. The fourth-order valence-corrected chi connectivity index (χ4v) is 2.77. The Morgan fingerprint density at radius 1 is 1.35 bits per heavy atom. The van der Waals surface area contributed by atoms with Crippen LogP contribution >= 0.6 is 0 Å². The maximum absolute atomic E-state index is 12.6. The summed E-state index contributed by atoms with van der Waals surface area (Å²) in [4.78, 5) is 12.6. The van der Waals surface area contributed by atoms with Gasteiger partial charge in [0.25, 0.3) is 5.56 Å². The van der Waals surface area contributed by atoms with Crippen molar-refractivity contribution in [2.75, 3.05) is 20.3 Å². The molecule has 2 aromatic heterocycles. The second-order valence-corrected chi connectivity index (χ2v) is 5.21. The quantitative estimate of drug-likeness (QED) is 0.834. The van der Waals surface area contributed by atoms with Gasteiger partial charge in [-0.1, -0.05) is 0 Å². The summed E-state index contributed by atoms with van der Waals surface area (Å²) in [6.45, 7) is 2.75. The van der Waals surface area contributed by atoms with Crippen LogP contribution in [0, 0.1) is 0 Å². The molecular formula is C15H20N2O3. The second kappa shape index (κ2) is 5.81. The van der Waals surface area contributed by atoms with Crippen molar-refractivity contribution < 1.29 is 9.47 Å². The minimum Gasteiger partial charge on any atom is -0.383 e. The molecule has 1 fully saturated rings. The average Bonchev–Trinajstić information content (AvgIpc) is 3.09. The van der Waals surface area contributed by atoms with Gasteiger partial charge in [-0.25, -0.2) is 0 Å². The Kier molecular flexibility index (Phi) is 3.89. The van der Waals surface area contributed by atoms with Crippen molar-refractivity contribution in [1.29, 1.82) is 0 Å². The smallest absolute Gasteiger partial charge is 0.275 e. The van der Waals surface area contributed by atoms with Crippen LogP contribution in [0.3, 0.4) is 0 Å². The highest BCUT2D eigenvalue weighted by Crippen LogP contribution is 2.15. The molecule has 3 heterocycles. The number of rotatable bonds is 5. The number of fused-ring (bicyclic) bond motifs is 1. The van der Waals surface area contributed by atoms with Gasteiger partial charge in [0.15, 0.2) is 0 Å². The Morgan fingerprint density at radius 2 is 2.15 bits per heavy atom. The summed E-state index contributed by atoms with van der Waals surface area (Å²) in [6, 6.07) is 3.97. The van der Waals surface area contributed by atoms with Crippen molar-refractivity contribution in [2.24, 2.45) is 0 Å². The summed E-state index contributed by atoms with van der Waals surface area (Å²) in [7, 11) is 1.67.